The molecule has 3 aliphatic carbocycles. The Morgan fingerprint density at radius 2 is 0.649 bits per heavy atom. The molecule has 0 saturated carbocycles. The van der Waals surface area contributed by atoms with Crippen molar-refractivity contribution in [2.24, 2.45) is 5.73 Å². The van der Waals surface area contributed by atoms with Gasteiger partial charge in [0.25, 0.3) is 0 Å². The fourth-order valence-corrected chi connectivity index (χ4v) is 10.0. The maximum Gasteiger partial charge on any atom is 0.303 e. The van der Waals surface area contributed by atoms with Crippen molar-refractivity contribution in [1.82, 2.24) is 10.6 Å². The van der Waals surface area contributed by atoms with Crippen LogP contribution in [0.3, 0.4) is 0 Å². The van der Waals surface area contributed by atoms with Crippen molar-refractivity contribution in [3.05, 3.63) is 179 Å². The summed E-state index contributed by atoms with van der Waals surface area (Å²) in [7, 11) is 0. The number of carboxylic acid groups (broad SMARTS) is 2. The van der Waals surface area contributed by atoms with Crippen molar-refractivity contribution in [3.63, 3.8) is 0 Å². The van der Waals surface area contributed by atoms with Gasteiger partial charge in [0.05, 0.1) is 24.7 Å². The highest BCUT2D eigenvalue weighted by Crippen LogP contribution is 2.45. The van der Waals surface area contributed by atoms with Crippen LogP contribution in [-0.2, 0) is 28.7 Å². The molecule has 0 heterocycles. The molecule has 9 rings (SSSR count). The monoisotopic (exact) mass is 1000 g/mol. The third-order valence-electron chi connectivity index (χ3n) is 13.6. The van der Waals surface area contributed by atoms with E-state index in [1.54, 1.807) is 6.92 Å². The van der Waals surface area contributed by atoms with Crippen LogP contribution in [0.5, 0.6) is 0 Å². The van der Waals surface area contributed by atoms with Gasteiger partial charge in [-0.05, 0) is 99.4 Å². The van der Waals surface area contributed by atoms with Crippen LogP contribution in [0.15, 0.2) is 146 Å². The van der Waals surface area contributed by atoms with Crippen molar-refractivity contribution < 1.29 is 38.9 Å². The molecule has 74 heavy (non-hydrogen) atoms. The van der Waals surface area contributed by atoms with Crippen LogP contribution in [0.4, 0.5) is 0 Å². The number of unbranched alkanes of at least 4 members (excludes halogenated alkanes) is 10. The Morgan fingerprint density at radius 3 is 0.905 bits per heavy atom. The Bertz CT molecular complexity index is 2530. The number of hydrogen-bond acceptors (Lipinski definition) is 7. The Balaban J connectivity index is 0.000000212. The van der Waals surface area contributed by atoms with Crippen LogP contribution in [0, 0.1) is 0 Å². The van der Waals surface area contributed by atoms with Gasteiger partial charge in [0.2, 0.25) is 11.8 Å². The number of ether oxygens (including phenoxy) is 1. The Kier molecular flexibility index (Phi) is 22.2. The third kappa shape index (κ3) is 16.1. The van der Waals surface area contributed by atoms with Crippen molar-refractivity contribution in [1.29, 1.82) is 0 Å². The van der Waals surface area contributed by atoms with Gasteiger partial charge in [-0.2, -0.15) is 0 Å². The summed E-state index contributed by atoms with van der Waals surface area (Å²) in [5, 5.41) is 23.2. The van der Waals surface area contributed by atoms with E-state index in [4.69, 9.17) is 15.9 Å². The van der Waals surface area contributed by atoms with Crippen LogP contribution in [-0.4, -0.2) is 46.5 Å². The first-order chi connectivity index (χ1) is 36.0. The largest absolute Gasteiger partial charge is 0.481 e. The average Bonchev–Trinajstić information content (AvgIpc) is 4.01. The Hall–Kier alpha value is -7.37. The Labute approximate surface area is 437 Å². The molecule has 2 amide bonds. The van der Waals surface area contributed by atoms with Gasteiger partial charge in [0.15, 0.2) is 0 Å². The number of aliphatic carboxylic acids is 2. The minimum atomic E-state index is -0.740. The van der Waals surface area contributed by atoms with E-state index in [2.05, 4.69) is 125 Å². The molecule has 0 aliphatic heterocycles. The van der Waals surface area contributed by atoms with Crippen LogP contribution < -0.4 is 16.4 Å². The number of benzene rings is 6. The summed E-state index contributed by atoms with van der Waals surface area (Å²) in [5.74, 6) is -1.46. The number of nitrogens with two attached hydrogens (primary N) is 1. The second kappa shape index (κ2) is 29.4. The fraction of sp³-hybridized carbons (Fsp3) is 0.349. The molecular formula is C63H73N3O8. The van der Waals surface area contributed by atoms with Gasteiger partial charge in [-0.3, -0.25) is 24.0 Å². The SMILES string of the molecule is CCOC(C)=O.NC1c2ccccc2-c2ccccc21.O=C(CCCCCCCCC(=O)NC1c2ccccc2-c2ccccc21)NC1c2ccccc2-c2ccccc21.O=C(O)CCCCCCCCC(=O)O. The molecule has 0 spiro atoms. The normalized spacial score (nSPS) is 12.3. The van der Waals surface area contributed by atoms with Gasteiger partial charge in [-0.25, -0.2) is 0 Å². The predicted octanol–water partition coefficient (Wildman–Crippen LogP) is 13.4. The molecule has 388 valence electrons. The molecule has 0 saturated heterocycles. The van der Waals surface area contributed by atoms with E-state index in [9.17, 15) is 24.0 Å². The number of rotatable bonds is 21. The second-order valence-electron chi connectivity index (χ2n) is 19.0. The maximum absolute atomic E-state index is 12.8. The minimum Gasteiger partial charge on any atom is -0.481 e. The van der Waals surface area contributed by atoms with E-state index in [-0.39, 0.29) is 48.8 Å². The van der Waals surface area contributed by atoms with Gasteiger partial charge >= 0.3 is 17.9 Å². The summed E-state index contributed by atoms with van der Waals surface area (Å²) >= 11 is 0. The van der Waals surface area contributed by atoms with Crippen LogP contribution in [0.2, 0.25) is 0 Å². The highest BCUT2D eigenvalue weighted by Gasteiger charge is 2.30. The van der Waals surface area contributed by atoms with Gasteiger partial charge < -0.3 is 31.3 Å². The fourth-order valence-electron chi connectivity index (χ4n) is 10.0. The molecule has 0 bridgehead atoms. The first-order valence-electron chi connectivity index (χ1n) is 26.4. The van der Waals surface area contributed by atoms with Gasteiger partial charge in [0, 0.05) is 32.6 Å². The topological polar surface area (TPSA) is 185 Å². The van der Waals surface area contributed by atoms with Crippen molar-refractivity contribution in [2.45, 2.75) is 135 Å². The predicted molar refractivity (Wildman–Crippen MR) is 293 cm³/mol. The molecule has 0 aromatic heterocycles. The molecule has 0 fully saturated rings. The number of esters is 1. The molecule has 0 unspecified atom stereocenters. The molecule has 11 heteroatoms. The minimum absolute atomic E-state index is 0.0578. The summed E-state index contributed by atoms with van der Waals surface area (Å²) < 4.78 is 4.40. The van der Waals surface area contributed by atoms with E-state index in [1.807, 2.05) is 36.4 Å². The molecule has 0 atom stereocenters. The molecule has 6 aromatic rings. The van der Waals surface area contributed by atoms with Crippen molar-refractivity contribution >= 4 is 29.7 Å². The molecular weight excluding hydrogens is 927 g/mol. The van der Waals surface area contributed by atoms with E-state index >= 15 is 0 Å². The average molecular weight is 1000 g/mol. The standard InChI is InChI=1S/C36H36N2O2.C13H11N.C10H18O4.C4H8O2/c39-33(37-35-29-19-11-7-15-25(29)26-16-8-12-20-30(26)35)23-5-3-1-2-4-6-24-34(40)38-36-31-21-13-9-17-27(31)28-18-10-14-22-32(28)36;14-13-11-7-3-1-5-9(11)10-6-2-4-8-12(10)13;11-9(12)7-5-3-1-2-4-6-8-10(13)14;1-3-6-4(2)5/h7-22,35-36H,1-6,23-24H2,(H,37,39)(H,38,40);1-8,13H,14H2;1-8H2,(H,11,12)(H,13,14);3H2,1-2H3. The number of carboxylic acids is 2. The molecule has 3 aliphatic rings. The summed E-state index contributed by atoms with van der Waals surface area (Å²) in [6.45, 7) is 3.65. The quantitative estimate of drug-likeness (QED) is 0.0346. The number of amides is 2. The summed E-state index contributed by atoms with van der Waals surface area (Å²) in [6.07, 6.45) is 13.0. The van der Waals surface area contributed by atoms with Crippen LogP contribution >= 0.6 is 0 Å². The zero-order chi connectivity index (χ0) is 52.7. The smallest absolute Gasteiger partial charge is 0.303 e. The van der Waals surface area contributed by atoms with Gasteiger partial charge in [-0.15, -0.1) is 0 Å². The maximum atomic E-state index is 12.8. The lowest BCUT2D eigenvalue weighted by molar-refractivity contribution is -0.140. The zero-order valence-corrected chi connectivity index (χ0v) is 43.0. The van der Waals surface area contributed by atoms with E-state index in [1.165, 1.54) is 73.7 Å². The Morgan fingerprint density at radius 1 is 0.405 bits per heavy atom. The van der Waals surface area contributed by atoms with E-state index in [0.29, 0.717) is 19.4 Å². The summed E-state index contributed by atoms with van der Waals surface area (Å²) in [6, 6.07) is 50.1. The lowest BCUT2D eigenvalue weighted by Crippen LogP contribution is -2.27. The number of fused-ring (bicyclic) bond motifs is 9. The lowest BCUT2D eigenvalue weighted by atomic mass is 10.0. The number of hydrogen-bond donors (Lipinski definition) is 5. The highest BCUT2D eigenvalue weighted by molar-refractivity contribution is 5.85. The molecule has 6 aromatic carbocycles. The second-order valence-corrected chi connectivity index (χ2v) is 19.0. The number of nitrogens with one attached hydrogen (secondary N) is 2. The summed E-state index contributed by atoms with van der Waals surface area (Å²) in [5.41, 5.74) is 20.8. The first kappa shape index (κ1) is 55.9. The molecule has 11 nitrogen and oxygen atoms in total. The number of carbonyl (C=O) groups is 5. The molecule has 0 radical (unpaired) electrons. The van der Waals surface area contributed by atoms with Crippen LogP contribution in [0.25, 0.3) is 33.4 Å². The molecule has 6 N–H and O–H groups in total. The van der Waals surface area contributed by atoms with E-state index in [0.717, 1.165) is 77.0 Å². The van der Waals surface area contributed by atoms with E-state index < -0.39 is 11.9 Å². The van der Waals surface area contributed by atoms with Crippen molar-refractivity contribution in [2.75, 3.05) is 6.61 Å². The van der Waals surface area contributed by atoms with Gasteiger partial charge in [-0.1, -0.05) is 197 Å². The highest BCUT2D eigenvalue weighted by atomic mass is 16.5. The number of carbonyl (C=O) groups excluding carboxylic acids is 3. The van der Waals surface area contributed by atoms with Crippen molar-refractivity contribution in [3.8, 4) is 33.4 Å². The van der Waals surface area contributed by atoms with Crippen LogP contribution in [0.1, 0.15) is 168 Å². The lowest BCUT2D eigenvalue weighted by Gasteiger charge is -2.16. The summed E-state index contributed by atoms with van der Waals surface area (Å²) in [4.78, 5) is 55.6. The van der Waals surface area contributed by atoms with Gasteiger partial charge in [0.1, 0.15) is 0 Å². The first-order valence-corrected chi connectivity index (χ1v) is 26.4. The zero-order valence-electron chi connectivity index (χ0n) is 43.0. The third-order valence-corrected chi connectivity index (χ3v) is 13.6.